The molecule has 0 unspecified atom stereocenters. The third-order valence-corrected chi connectivity index (χ3v) is 4.29. The fourth-order valence-electron chi connectivity index (χ4n) is 2.93. The molecule has 2 aromatic carbocycles. The van der Waals surface area contributed by atoms with Gasteiger partial charge in [0, 0.05) is 18.0 Å². The predicted molar refractivity (Wildman–Crippen MR) is 106 cm³/mol. The minimum Gasteiger partial charge on any atom is -0.483 e. The van der Waals surface area contributed by atoms with Gasteiger partial charge < -0.3 is 14.5 Å². The normalized spacial score (nSPS) is 10.7. The predicted octanol–water partition coefficient (Wildman–Crippen LogP) is 4.33. The van der Waals surface area contributed by atoms with Crippen molar-refractivity contribution in [3.63, 3.8) is 0 Å². The molecule has 5 nitrogen and oxygen atoms in total. The number of aryl methyl sites for hydroxylation is 1. The van der Waals surface area contributed by atoms with Crippen LogP contribution in [0.15, 0.2) is 79.1 Å². The van der Waals surface area contributed by atoms with E-state index in [0.29, 0.717) is 11.4 Å². The summed E-state index contributed by atoms with van der Waals surface area (Å²) >= 11 is 0. The molecule has 1 amide bonds. The molecule has 2 heterocycles. The summed E-state index contributed by atoms with van der Waals surface area (Å²) in [5, 5.41) is 2.93. The van der Waals surface area contributed by atoms with E-state index in [1.165, 1.54) is 0 Å². The summed E-state index contributed by atoms with van der Waals surface area (Å²) in [6.45, 7) is 1.90. The fraction of sp³-hybridized carbons (Fsp3) is 0.0909. The molecule has 0 bridgehead atoms. The first-order valence-electron chi connectivity index (χ1n) is 8.72. The Kier molecular flexibility index (Phi) is 4.58. The highest BCUT2D eigenvalue weighted by Gasteiger charge is 2.12. The van der Waals surface area contributed by atoms with Crippen LogP contribution in [0.25, 0.3) is 16.9 Å². The molecule has 0 radical (unpaired) electrons. The van der Waals surface area contributed by atoms with E-state index < -0.39 is 0 Å². The maximum absolute atomic E-state index is 12.4. The number of hydrogen-bond donors (Lipinski definition) is 1. The Labute approximate surface area is 157 Å². The summed E-state index contributed by atoms with van der Waals surface area (Å²) in [5.74, 6) is 0.496. The number of pyridine rings is 1. The number of carbonyl (C=O) groups excluding carboxylic acids is 1. The number of para-hydroxylation sites is 2. The van der Waals surface area contributed by atoms with Gasteiger partial charge in [-0.15, -0.1) is 0 Å². The van der Waals surface area contributed by atoms with Gasteiger partial charge in [-0.25, -0.2) is 4.98 Å². The van der Waals surface area contributed by atoms with E-state index in [2.05, 4.69) is 10.3 Å². The van der Waals surface area contributed by atoms with Gasteiger partial charge in [0.2, 0.25) is 0 Å². The third-order valence-electron chi connectivity index (χ3n) is 4.29. The van der Waals surface area contributed by atoms with Crippen LogP contribution in [0.4, 0.5) is 5.69 Å². The Morgan fingerprint density at radius 2 is 1.81 bits per heavy atom. The zero-order chi connectivity index (χ0) is 18.6. The van der Waals surface area contributed by atoms with Crippen molar-refractivity contribution in [2.75, 3.05) is 11.9 Å². The van der Waals surface area contributed by atoms with Gasteiger partial charge in [-0.1, -0.05) is 42.5 Å². The number of anilines is 1. The van der Waals surface area contributed by atoms with Gasteiger partial charge in [0.05, 0.1) is 11.4 Å². The monoisotopic (exact) mass is 357 g/mol. The Bertz CT molecular complexity index is 1070. The van der Waals surface area contributed by atoms with Gasteiger partial charge in [-0.3, -0.25) is 4.79 Å². The SMILES string of the molecule is Cc1ccccc1OCC(=O)Nc1ccccc1-c1cn2ccccc2n1. The molecule has 134 valence electrons. The number of imidazole rings is 1. The van der Waals surface area contributed by atoms with Crippen LogP contribution >= 0.6 is 0 Å². The molecule has 0 saturated carbocycles. The van der Waals surface area contributed by atoms with Gasteiger partial charge >= 0.3 is 0 Å². The lowest BCUT2D eigenvalue weighted by Gasteiger charge is -2.11. The van der Waals surface area contributed by atoms with Gasteiger partial charge in [0.1, 0.15) is 11.4 Å². The number of benzene rings is 2. The topological polar surface area (TPSA) is 55.6 Å². The molecular weight excluding hydrogens is 338 g/mol. The lowest BCUT2D eigenvalue weighted by Crippen LogP contribution is -2.20. The lowest BCUT2D eigenvalue weighted by atomic mass is 10.1. The number of fused-ring (bicyclic) bond motifs is 1. The molecule has 0 aliphatic carbocycles. The number of rotatable bonds is 5. The number of amides is 1. The Morgan fingerprint density at radius 1 is 1.04 bits per heavy atom. The van der Waals surface area contributed by atoms with Gasteiger partial charge in [0.15, 0.2) is 6.61 Å². The molecule has 4 aromatic rings. The van der Waals surface area contributed by atoms with E-state index in [-0.39, 0.29) is 12.5 Å². The molecule has 0 aliphatic rings. The molecule has 2 aromatic heterocycles. The number of nitrogens with one attached hydrogen (secondary N) is 1. The van der Waals surface area contributed by atoms with Gasteiger partial charge in [-0.05, 0) is 36.8 Å². The van der Waals surface area contributed by atoms with E-state index in [0.717, 1.165) is 22.5 Å². The highest BCUT2D eigenvalue weighted by molar-refractivity contribution is 5.96. The third kappa shape index (κ3) is 3.67. The van der Waals surface area contributed by atoms with Crippen molar-refractivity contribution < 1.29 is 9.53 Å². The second kappa shape index (κ2) is 7.33. The Balaban J connectivity index is 1.52. The van der Waals surface area contributed by atoms with E-state index in [1.807, 2.05) is 90.4 Å². The maximum atomic E-state index is 12.4. The summed E-state index contributed by atoms with van der Waals surface area (Å²) in [6.07, 6.45) is 3.90. The summed E-state index contributed by atoms with van der Waals surface area (Å²) < 4.78 is 7.59. The zero-order valence-corrected chi connectivity index (χ0v) is 14.9. The second-order valence-electron chi connectivity index (χ2n) is 6.24. The van der Waals surface area contributed by atoms with Crippen LogP contribution in [-0.4, -0.2) is 21.9 Å². The lowest BCUT2D eigenvalue weighted by molar-refractivity contribution is -0.118. The first-order chi connectivity index (χ1) is 13.2. The molecule has 4 rings (SSSR count). The molecule has 0 spiro atoms. The number of ether oxygens (including phenoxy) is 1. The van der Waals surface area contributed by atoms with Crippen LogP contribution in [0.2, 0.25) is 0 Å². The molecule has 0 fully saturated rings. The van der Waals surface area contributed by atoms with Crippen LogP contribution in [0.1, 0.15) is 5.56 Å². The Hall–Kier alpha value is -3.60. The Morgan fingerprint density at radius 3 is 2.67 bits per heavy atom. The van der Waals surface area contributed by atoms with Gasteiger partial charge in [0.25, 0.3) is 5.91 Å². The number of carbonyl (C=O) groups is 1. The van der Waals surface area contributed by atoms with E-state index in [4.69, 9.17) is 4.74 Å². The molecule has 5 heteroatoms. The van der Waals surface area contributed by atoms with Crippen molar-refractivity contribution >= 4 is 17.2 Å². The van der Waals surface area contributed by atoms with E-state index >= 15 is 0 Å². The molecule has 0 aliphatic heterocycles. The highest BCUT2D eigenvalue weighted by Crippen LogP contribution is 2.27. The standard InChI is InChI=1S/C22H19N3O2/c1-16-8-2-5-11-20(16)27-15-22(26)24-18-10-4-3-9-17(18)19-14-25-13-7-6-12-21(25)23-19/h2-14H,15H2,1H3,(H,24,26). The summed E-state index contributed by atoms with van der Waals surface area (Å²) in [7, 11) is 0. The van der Waals surface area contributed by atoms with Crippen LogP contribution in [0.3, 0.4) is 0 Å². The van der Waals surface area contributed by atoms with Crippen molar-refractivity contribution in [3.8, 4) is 17.0 Å². The zero-order valence-electron chi connectivity index (χ0n) is 14.9. The number of nitrogens with zero attached hydrogens (tertiary/aromatic N) is 2. The second-order valence-corrected chi connectivity index (χ2v) is 6.24. The molecule has 27 heavy (non-hydrogen) atoms. The number of aromatic nitrogens is 2. The number of hydrogen-bond acceptors (Lipinski definition) is 3. The summed E-state index contributed by atoms with van der Waals surface area (Å²) in [5.41, 5.74) is 4.23. The van der Waals surface area contributed by atoms with E-state index in [9.17, 15) is 4.79 Å². The summed E-state index contributed by atoms with van der Waals surface area (Å²) in [4.78, 5) is 17.0. The first kappa shape index (κ1) is 16.8. The molecular formula is C22H19N3O2. The van der Waals surface area contributed by atoms with Crippen LogP contribution in [-0.2, 0) is 4.79 Å². The van der Waals surface area contributed by atoms with Crippen LogP contribution in [0, 0.1) is 6.92 Å². The largest absolute Gasteiger partial charge is 0.483 e. The van der Waals surface area contributed by atoms with Crippen molar-refractivity contribution in [2.24, 2.45) is 0 Å². The van der Waals surface area contributed by atoms with Crippen molar-refractivity contribution in [1.29, 1.82) is 0 Å². The van der Waals surface area contributed by atoms with E-state index in [1.54, 1.807) is 0 Å². The van der Waals surface area contributed by atoms with Crippen molar-refractivity contribution in [2.45, 2.75) is 6.92 Å². The highest BCUT2D eigenvalue weighted by atomic mass is 16.5. The summed E-state index contributed by atoms with van der Waals surface area (Å²) in [6, 6.07) is 21.1. The minimum atomic E-state index is -0.213. The van der Waals surface area contributed by atoms with Crippen molar-refractivity contribution in [1.82, 2.24) is 9.38 Å². The first-order valence-corrected chi connectivity index (χ1v) is 8.72. The van der Waals surface area contributed by atoms with Gasteiger partial charge in [-0.2, -0.15) is 0 Å². The molecule has 1 N–H and O–H groups in total. The van der Waals surface area contributed by atoms with Crippen LogP contribution in [0.5, 0.6) is 5.75 Å². The van der Waals surface area contributed by atoms with Crippen molar-refractivity contribution in [3.05, 3.63) is 84.7 Å². The average molecular weight is 357 g/mol. The molecule has 0 atom stereocenters. The van der Waals surface area contributed by atoms with Crippen LogP contribution < -0.4 is 10.1 Å². The fourth-order valence-corrected chi connectivity index (χ4v) is 2.93. The minimum absolute atomic E-state index is 0.0512. The smallest absolute Gasteiger partial charge is 0.262 e. The molecule has 0 saturated heterocycles. The quantitative estimate of drug-likeness (QED) is 0.578. The average Bonchev–Trinajstić information content (AvgIpc) is 3.12. The maximum Gasteiger partial charge on any atom is 0.262 e.